The number of hydrogen-bond acceptors (Lipinski definition) is 3. The topological polar surface area (TPSA) is 51.0 Å². The first-order chi connectivity index (χ1) is 13.4. The molecule has 3 heterocycles. The number of pyridine rings is 1. The summed E-state index contributed by atoms with van der Waals surface area (Å²) in [6.07, 6.45) is -0.716. The van der Waals surface area contributed by atoms with Crippen LogP contribution in [-0.2, 0) is 11.0 Å². The quantitative estimate of drug-likeness (QED) is 0.641. The van der Waals surface area contributed by atoms with Crippen molar-refractivity contribution in [1.82, 2.24) is 19.7 Å². The van der Waals surface area contributed by atoms with E-state index in [2.05, 4.69) is 16.7 Å². The van der Waals surface area contributed by atoms with E-state index in [0.29, 0.717) is 24.4 Å². The predicted molar refractivity (Wildman–Crippen MR) is 98.0 cm³/mol. The highest BCUT2D eigenvalue weighted by atomic mass is 19.4. The van der Waals surface area contributed by atoms with E-state index in [1.165, 1.54) is 18.2 Å². The van der Waals surface area contributed by atoms with Crippen molar-refractivity contribution in [2.75, 3.05) is 13.1 Å². The van der Waals surface area contributed by atoms with Gasteiger partial charge in [-0.1, -0.05) is 6.58 Å². The second kappa shape index (κ2) is 6.78. The molecule has 1 atom stereocenters. The summed E-state index contributed by atoms with van der Waals surface area (Å²) in [4.78, 5) is 18.0. The second-order valence-corrected chi connectivity index (χ2v) is 6.69. The zero-order valence-corrected chi connectivity index (χ0v) is 14.9. The molecule has 0 saturated carbocycles. The summed E-state index contributed by atoms with van der Waals surface area (Å²) in [5.41, 5.74) is 1.16. The molecule has 1 unspecified atom stereocenters. The third-order valence-corrected chi connectivity index (χ3v) is 4.97. The first-order valence-electron chi connectivity index (χ1n) is 8.81. The predicted octanol–water partition coefficient (Wildman–Crippen LogP) is 3.94. The molecule has 0 aliphatic carbocycles. The van der Waals surface area contributed by atoms with Crippen LogP contribution in [-0.4, -0.2) is 38.7 Å². The molecule has 0 radical (unpaired) electrons. The van der Waals surface area contributed by atoms with Crippen molar-refractivity contribution in [2.45, 2.75) is 18.5 Å². The Morgan fingerprint density at radius 1 is 1.21 bits per heavy atom. The Labute approximate surface area is 159 Å². The van der Waals surface area contributed by atoms with Crippen molar-refractivity contribution in [3.05, 3.63) is 66.5 Å². The Kier molecular flexibility index (Phi) is 4.41. The minimum absolute atomic E-state index is 0.0336. The third kappa shape index (κ3) is 3.15. The molecule has 3 aromatic rings. The van der Waals surface area contributed by atoms with E-state index >= 15 is 0 Å². The maximum absolute atomic E-state index is 12.8. The molecule has 28 heavy (non-hydrogen) atoms. The van der Waals surface area contributed by atoms with Crippen molar-refractivity contribution in [1.29, 1.82) is 0 Å². The molecule has 1 saturated heterocycles. The van der Waals surface area contributed by atoms with Crippen LogP contribution in [0, 0.1) is 0 Å². The van der Waals surface area contributed by atoms with Crippen molar-refractivity contribution in [2.24, 2.45) is 0 Å². The van der Waals surface area contributed by atoms with Gasteiger partial charge in [-0.3, -0.25) is 4.79 Å². The van der Waals surface area contributed by atoms with Crippen LogP contribution < -0.4 is 0 Å². The van der Waals surface area contributed by atoms with E-state index in [1.54, 1.807) is 21.8 Å². The van der Waals surface area contributed by atoms with Gasteiger partial charge in [0.2, 0.25) is 5.91 Å². The number of amides is 1. The minimum atomic E-state index is -4.39. The molecule has 1 aromatic carbocycles. The number of aromatic nitrogens is 3. The van der Waals surface area contributed by atoms with Crippen LogP contribution >= 0.6 is 0 Å². The molecule has 0 spiro atoms. The molecule has 1 amide bonds. The lowest BCUT2D eigenvalue weighted by atomic mass is 10.0. The molecule has 8 heteroatoms. The fourth-order valence-corrected chi connectivity index (χ4v) is 3.56. The molecule has 144 valence electrons. The first kappa shape index (κ1) is 18.2. The van der Waals surface area contributed by atoms with Crippen molar-refractivity contribution in [3.63, 3.8) is 0 Å². The number of alkyl halides is 3. The molecule has 1 aliphatic heterocycles. The van der Waals surface area contributed by atoms with Gasteiger partial charge in [0, 0.05) is 30.6 Å². The Morgan fingerprint density at radius 3 is 2.64 bits per heavy atom. The number of nitrogens with zero attached hydrogens (tertiary/aromatic N) is 4. The van der Waals surface area contributed by atoms with Crippen LogP contribution in [0.5, 0.6) is 0 Å². The lowest BCUT2D eigenvalue weighted by Gasteiger charge is -2.13. The summed E-state index contributed by atoms with van der Waals surface area (Å²) in [6.45, 7) is 4.66. The summed E-state index contributed by atoms with van der Waals surface area (Å²) in [5, 5.41) is 5.50. The number of rotatable bonds is 3. The van der Waals surface area contributed by atoms with Gasteiger partial charge in [0.05, 0.1) is 16.9 Å². The van der Waals surface area contributed by atoms with Gasteiger partial charge in [0.1, 0.15) is 0 Å². The lowest BCUT2D eigenvalue weighted by Crippen LogP contribution is -2.26. The van der Waals surface area contributed by atoms with Gasteiger partial charge in [-0.2, -0.15) is 18.3 Å². The Bertz CT molecular complexity index is 1040. The molecule has 5 nitrogen and oxygen atoms in total. The molecular weight excluding hydrogens is 369 g/mol. The third-order valence-electron chi connectivity index (χ3n) is 4.97. The molecule has 0 bridgehead atoms. The van der Waals surface area contributed by atoms with E-state index < -0.39 is 11.7 Å². The van der Waals surface area contributed by atoms with Gasteiger partial charge in [0.15, 0.2) is 5.65 Å². The number of halogens is 3. The van der Waals surface area contributed by atoms with Gasteiger partial charge >= 0.3 is 6.18 Å². The van der Waals surface area contributed by atoms with E-state index in [0.717, 1.165) is 29.6 Å². The highest BCUT2D eigenvalue weighted by molar-refractivity contribution is 5.87. The van der Waals surface area contributed by atoms with Crippen LogP contribution in [0.1, 0.15) is 23.6 Å². The van der Waals surface area contributed by atoms with E-state index in [9.17, 15) is 18.0 Å². The normalized spacial score (nSPS) is 17.2. The van der Waals surface area contributed by atoms with Crippen LogP contribution in [0.3, 0.4) is 0 Å². The SMILES string of the molecule is C=CC(=O)N1CCC(c2nn(-c3ccc(C(F)(F)F)cc3)c3ncccc23)C1. The number of likely N-dealkylation sites (tertiary alicyclic amines) is 1. The van der Waals surface area contributed by atoms with Crippen LogP contribution in [0.2, 0.25) is 0 Å². The van der Waals surface area contributed by atoms with Crippen molar-refractivity contribution >= 4 is 16.9 Å². The highest BCUT2D eigenvalue weighted by Crippen LogP contribution is 2.33. The number of carbonyl (C=O) groups excluding carboxylic acids is 1. The largest absolute Gasteiger partial charge is 0.416 e. The molecule has 2 aromatic heterocycles. The first-order valence-corrected chi connectivity index (χ1v) is 8.81. The van der Waals surface area contributed by atoms with Crippen LogP contribution in [0.15, 0.2) is 55.3 Å². The van der Waals surface area contributed by atoms with Gasteiger partial charge in [0.25, 0.3) is 0 Å². The number of benzene rings is 1. The van der Waals surface area contributed by atoms with Gasteiger partial charge in [-0.15, -0.1) is 0 Å². The monoisotopic (exact) mass is 386 g/mol. The molecule has 1 aliphatic rings. The van der Waals surface area contributed by atoms with Gasteiger partial charge in [-0.05, 0) is 48.9 Å². The Morgan fingerprint density at radius 2 is 1.96 bits per heavy atom. The summed E-state index contributed by atoms with van der Waals surface area (Å²) in [5.74, 6) is -0.0848. The van der Waals surface area contributed by atoms with E-state index in [1.807, 2.05) is 6.07 Å². The zero-order valence-electron chi connectivity index (χ0n) is 14.9. The van der Waals surface area contributed by atoms with Crippen LogP contribution in [0.4, 0.5) is 13.2 Å². The molecule has 0 N–H and O–H groups in total. The van der Waals surface area contributed by atoms with Crippen molar-refractivity contribution < 1.29 is 18.0 Å². The fraction of sp³-hybridized carbons (Fsp3) is 0.250. The fourth-order valence-electron chi connectivity index (χ4n) is 3.56. The standard InChI is InChI=1S/C20H17F3N4O/c1-2-17(28)26-11-9-13(12-26)18-16-4-3-10-24-19(16)27(25-18)15-7-5-14(6-8-15)20(21,22)23/h2-8,10,13H,1,9,11-12H2. The van der Waals surface area contributed by atoms with E-state index in [4.69, 9.17) is 0 Å². The Hall–Kier alpha value is -3.16. The Balaban J connectivity index is 1.73. The van der Waals surface area contributed by atoms with Crippen LogP contribution in [0.25, 0.3) is 16.7 Å². The average molecular weight is 386 g/mol. The summed E-state index contributed by atoms with van der Waals surface area (Å²) < 4.78 is 40.1. The minimum Gasteiger partial charge on any atom is -0.338 e. The van der Waals surface area contributed by atoms with Gasteiger partial charge < -0.3 is 4.90 Å². The number of hydrogen-bond donors (Lipinski definition) is 0. The summed E-state index contributed by atoms with van der Waals surface area (Å²) in [7, 11) is 0. The average Bonchev–Trinajstić information content (AvgIpc) is 3.32. The summed E-state index contributed by atoms with van der Waals surface area (Å²) in [6, 6.07) is 8.53. The summed E-state index contributed by atoms with van der Waals surface area (Å²) >= 11 is 0. The number of carbonyl (C=O) groups is 1. The molecule has 4 rings (SSSR count). The lowest BCUT2D eigenvalue weighted by molar-refractivity contribution is -0.137. The second-order valence-electron chi connectivity index (χ2n) is 6.69. The van der Waals surface area contributed by atoms with Crippen molar-refractivity contribution in [3.8, 4) is 5.69 Å². The van der Waals surface area contributed by atoms with E-state index in [-0.39, 0.29) is 11.8 Å². The molecule has 1 fully saturated rings. The highest BCUT2D eigenvalue weighted by Gasteiger charge is 2.31. The maximum atomic E-state index is 12.8. The smallest absolute Gasteiger partial charge is 0.338 e. The maximum Gasteiger partial charge on any atom is 0.416 e. The van der Waals surface area contributed by atoms with Gasteiger partial charge in [-0.25, -0.2) is 9.67 Å². The zero-order chi connectivity index (χ0) is 19.9. The number of fused-ring (bicyclic) bond motifs is 1. The molecular formula is C20H17F3N4O.